The van der Waals surface area contributed by atoms with Gasteiger partial charge in [0.05, 0.1) is 12.5 Å². The molecule has 0 saturated heterocycles. The number of hydrogen-bond donors (Lipinski definition) is 5. The van der Waals surface area contributed by atoms with Crippen LogP contribution < -0.4 is 10.6 Å². The van der Waals surface area contributed by atoms with Crippen LogP contribution in [0.15, 0.2) is 84.9 Å². The van der Waals surface area contributed by atoms with Crippen LogP contribution in [0.5, 0.6) is 11.5 Å². The number of aliphatic hydroxyl groups is 1. The maximum Gasteiger partial charge on any atom is 0.224 e. The van der Waals surface area contributed by atoms with Gasteiger partial charge in [-0.3, -0.25) is 4.79 Å². The second-order valence-corrected chi connectivity index (χ2v) is 10.5. The minimum atomic E-state index is -0.879. The van der Waals surface area contributed by atoms with Crippen molar-refractivity contribution < 1.29 is 20.1 Å². The number of phenolic OH excluding ortho intramolecular Hbond substituents is 2. The Bertz CT molecular complexity index is 1370. The van der Waals surface area contributed by atoms with E-state index >= 15 is 0 Å². The zero-order valence-electron chi connectivity index (χ0n) is 21.9. The van der Waals surface area contributed by atoms with Crippen molar-refractivity contribution in [3.8, 4) is 11.5 Å². The Morgan fingerprint density at radius 3 is 2.34 bits per heavy atom. The van der Waals surface area contributed by atoms with Crippen LogP contribution in [0.2, 0.25) is 0 Å². The number of carbonyl (C=O) groups is 1. The Kier molecular flexibility index (Phi) is 8.66. The van der Waals surface area contributed by atoms with Gasteiger partial charge < -0.3 is 26.0 Å². The molecular formula is C32H36N2O4. The van der Waals surface area contributed by atoms with E-state index in [1.165, 1.54) is 34.5 Å². The molecule has 38 heavy (non-hydrogen) atoms. The predicted molar refractivity (Wildman–Crippen MR) is 151 cm³/mol. The van der Waals surface area contributed by atoms with E-state index in [0.717, 1.165) is 17.5 Å². The third-order valence-corrected chi connectivity index (χ3v) is 6.68. The highest BCUT2D eigenvalue weighted by molar-refractivity contribution is 5.85. The Hall–Kier alpha value is -3.87. The van der Waals surface area contributed by atoms with Crippen molar-refractivity contribution in [2.45, 2.75) is 44.8 Å². The lowest BCUT2D eigenvalue weighted by Crippen LogP contribution is -2.43. The molecule has 1 unspecified atom stereocenters. The standard InChI is InChI=1S/C32H36N2O4/c1-32(2,34-21-30(37)26-17-27(35)19-28(36)18-26)20-23-8-5-7-22(15-23)16-31(38)33-14-13-25-11-6-10-24-9-3-4-12-29(24)25/h3-12,15,17-19,30,34-37H,13-14,16,20-21H2,1-2H3,(H,33,38). The van der Waals surface area contributed by atoms with Crippen LogP contribution in [0.3, 0.4) is 0 Å². The maximum atomic E-state index is 12.6. The summed E-state index contributed by atoms with van der Waals surface area (Å²) in [6, 6.07) is 26.7. The van der Waals surface area contributed by atoms with Crippen molar-refractivity contribution >= 4 is 16.7 Å². The van der Waals surface area contributed by atoms with E-state index in [9.17, 15) is 20.1 Å². The second-order valence-electron chi connectivity index (χ2n) is 10.5. The Labute approximate surface area is 224 Å². The summed E-state index contributed by atoms with van der Waals surface area (Å²) in [5, 5.41) is 38.7. The third-order valence-electron chi connectivity index (χ3n) is 6.68. The van der Waals surface area contributed by atoms with E-state index in [-0.39, 0.29) is 29.5 Å². The molecule has 4 rings (SSSR count). The number of amides is 1. The van der Waals surface area contributed by atoms with E-state index in [1.807, 2.05) is 44.2 Å². The Morgan fingerprint density at radius 2 is 1.55 bits per heavy atom. The highest BCUT2D eigenvalue weighted by Crippen LogP contribution is 2.25. The fraction of sp³-hybridized carbons (Fsp3) is 0.281. The van der Waals surface area contributed by atoms with Gasteiger partial charge in [-0.25, -0.2) is 0 Å². The van der Waals surface area contributed by atoms with Gasteiger partial charge in [0.1, 0.15) is 11.5 Å². The average molecular weight is 513 g/mol. The van der Waals surface area contributed by atoms with Crippen molar-refractivity contribution in [1.29, 1.82) is 0 Å². The molecule has 0 aliphatic carbocycles. The number of aliphatic hydroxyl groups excluding tert-OH is 1. The predicted octanol–water partition coefficient (Wildman–Crippen LogP) is 4.80. The zero-order chi connectivity index (χ0) is 27.1. The van der Waals surface area contributed by atoms with Gasteiger partial charge in [0.25, 0.3) is 0 Å². The quantitative estimate of drug-likeness (QED) is 0.199. The highest BCUT2D eigenvalue weighted by Gasteiger charge is 2.21. The molecule has 0 aliphatic rings. The van der Waals surface area contributed by atoms with Crippen molar-refractivity contribution in [1.82, 2.24) is 10.6 Å². The largest absolute Gasteiger partial charge is 0.508 e. The molecule has 4 aromatic carbocycles. The van der Waals surface area contributed by atoms with Crippen LogP contribution in [-0.2, 0) is 24.1 Å². The Morgan fingerprint density at radius 1 is 0.868 bits per heavy atom. The average Bonchev–Trinajstić information content (AvgIpc) is 2.87. The molecule has 0 spiro atoms. The summed E-state index contributed by atoms with van der Waals surface area (Å²) >= 11 is 0. The summed E-state index contributed by atoms with van der Waals surface area (Å²) in [4.78, 5) is 12.6. The van der Waals surface area contributed by atoms with E-state index < -0.39 is 6.10 Å². The number of hydrogen-bond acceptors (Lipinski definition) is 5. The first-order chi connectivity index (χ1) is 18.2. The van der Waals surface area contributed by atoms with Crippen molar-refractivity contribution in [2.75, 3.05) is 13.1 Å². The van der Waals surface area contributed by atoms with Gasteiger partial charge in [0.2, 0.25) is 5.91 Å². The lowest BCUT2D eigenvalue weighted by molar-refractivity contribution is -0.120. The van der Waals surface area contributed by atoms with E-state index in [2.05, 4.69) is 47.0 Å². The second kappa shape index (κ2) is 12.1. The first kappa shape index (κ1) is 27.2. The molecule has 6 nitrogen and oxygen atoms in total. The van der Waals surface area contributed by atoms with Gasteiger partial charge in [-0.2, -0.15) is 0 Å². The Balaban J connectivity index is 1.27. The SMILES string of the molecule is CC(C)(Cc1cccc(CC(=O)NCCc2cccc3ccccc23)c1)NCC(O)c1cc(O)cc(O)c1. The van der Waals surface area contributed by atoms with Crippen LogP contribution in [-0.4, -0.2) is 39.9 Å². The van der Waals surface area contributed by atoms with Gasteiger partial charge in [-0.1, -0.05) is 66.7 Å². The number of phenols is 2. The molecule has 198 valence electrons. The minimum absolute atomic E-state index is 0.00254. The number of nitrogens with one attached hydrogen (secondary N) is 2. The van der Waals surface area contributed by atoms with Crippen LogP contribution >= 0.6 is 0 Å². The molecule has 1 amide bonds. The smallest absolute Gasteiger partial charge is 0.224 e. The number of benzene rings is 4. The molecule has 4 aromatic rings. The summed E-state index contributed by atoms with van der Waals surface area (Å²) in [5.41, 5.74) is 3.38. The normalized spacial score (nSPS) is 12.4. The number of carbonyl (C=O) groups excluding carboxylic acids is 1. The van der Waals surface area contributed by atoms with E-state index in [0.29, 0.717) is 24.9 Å². The lowest BCUT2D eigenvalue weighted by Gasteiger charge is -2.28. The van der Waals surface area contributed by atoms with Crippen LogP contribution in [0.25, 0.3) is 10.8 Å². The van der Waals surface area contributed by atoms with Gasteiger partial charge >= 0.3 is 0 Å². The summed E-state index contributed by atoms with van der Waals surface area (Å²) in [6.45, 7) is 4.94. The molecular weight excluding hydrogens is 476 g/mol. The summed E-state index contributed by atoms with van der Waals surface area (Å²) in [6.07, 6.45) is 0.913. The molecule has 0 heterocycles. The molecule has 0 fully saturated rings. The molecule has 1 atom stereocenters. The van der Waals surface area contributed by atoms with Gasteiger partial charge in [0, 0.05) is 24.7 Å². The maximum absolute atomic E-state index is 12.6. The number of β-amino-alcohol motifs (C(OH)–C–C–N with tert-alkyl or cyclic N) is 1. The van der Waals surface area contributed by atoms with Gasteiger partial charge in [-0.15, -0.1) is 0 Å². The zero-order valence-corrected chi connectivity index (χ0v) is 21.9. The van der Waals surface area contributed by atoms with E-state index in [1.54, 1.807) is 0 Å². The number of rotatable bonds is 11. The monoisotopic (exact) mass is 512 g/mol. The fourth-order valence-corrected chi connectivity index (χ4v) is 4.82. The van der Waals surface area contributed by atoms with Crippen LogP contribution in [0.1, 0.15) is 42.2 Å². The van der Waals surface area contributed by atoms with Crippen LogP contribution in [0, 0.1) is 0 Å². The molecule has 0 aliphatic heterocycles. The highest BCUT2D eigenvalue weighted by atomic mass is 16.3. The molecule has 6 heteroatoms. The topological polar surface area (TPSA) is 102 Å². The molecule has 0 aromatic heterocycles. The number of aromatic hydroxyl groups is 2. The van der Waals surface area contributed by atoms with Gasteiger partial charge in [-0.05, 0) is 71.8 Å². The molecule has 5 N–H and O–H groups in total. The lowest BCUT2D eigenvalue weighted by atomic mass is 9.93. The molecule has 0 radical (unpaired) electrons. The summed E-state index contributed by atoms with van der Waals surface area (Å²) in [5.74, 6) is -0.183. The first-order valence-corrected chi connectivity index (χ1v) is 13.0. The van der Waals surface area contributed by atoms with Crippen LogP contribution in [0.4, 0.5) is 0 Å². The molecule has 0 saturated carbocycles. The fourth-order valence-electron chi connectivity index (χ4n) is 4.82. The minimum Gasteiger partial charge on any atom is -0.508 e. The summed E-state index contributed by atoms with van der Waals surface area (Å²) < 4.78 is 0. The number of fused-ring (bicyclic) bond motifs is 1. The first-order valence-electron chi connectivity index (χ1n) is 13.0. The van der Waals surface area contributed by atoms with Crippen molar-refractivity contribution in [2.24, 2.45) is 0 Å². The third kappa shape index (κ3) is 7.57. The van der Waals surface area contributed by atoms with Crippen molar-refractivity contribution in [3.63, 3.8) is 0 Å². The molecule has 0 bridgehead atoms. The van der Waals surface area contributed by atoms with Gasteiger partial charge in [0.15, 0.2) is 0 Å². The van der Waals surface area contributed by atoms with Crippen molar-refractivity contribution in [3.05, 3.63) is 107 Å². The van der Waals surface area contributed by atoms with E-state index in [4.69, 9.17) is 0 Å². The summed E-state index contributed by atoms with van der Waals surface area (Å²) in [7, 11) is 0.